The summed E-state index contributed by atoms with van der Waals surface area (Å²) in [7, 11) is -4.35. The van der Waals surface area contributed by atoms with Gasteiger partial charge in [0.05, 0.1) is 6.61 Å². The molecule has 5 nitrogen and oxygen atoms in total. The molecule has 0 radical (unpaired) electrons. The van der Waals surface area contributed by atoms with Gasteiger partial charge in [-0.15, -0.1) is 0 Å². The lowest BCUT2D eigenvalue weighted by atomic mass is 10.1. The highest BCUT2D eigenvalue weighted by Crippen LogP contribution is 2.11. The minimum Gasteiger partial charge on any atom is -0.381 e. The van der Waals surface area contributed by atoms with Crippen molar-refractivity contribution >= 4 is 10.1 Å². The molecule has 1 unspecified atom stereocenters. The zero-order valence-corrected chi connectivity index (χ0v) is 14.8. The van der Waals surface area contributed by atoms with Crippen molar-refractivity contribution in [3.63, 3.8) is 0 Å². The predicted octanol–water partition coefficient (Wildman–Crippen LogP) is 3.91. The van der Waals surface area contributed by atoms with Gasteiger partial charge in [0, 0.05) is 13.0 Å². The number of hydrogen-bond donors (Lipinski definition) is 2. The highest BCUT2D eigenvalue weighted by Gasteiger charge is 2.18. The first-order valence-corrected chi connectivity index (χ1v) is 10.2. The quantitative estimate of drug-likeness (QED) is 0.329. The van der Waals surface area contributed by atoms with Crippen molar-refractivity contribution in [1.29, 1.82) is 0 Å². The standard InChI is InChI=1S/C16H34O5S/c1-2-3-4-5-6-7-8-9-10-11-12-14-21-15-13-16(17)22(18,19)20/h16-17H,2-15H2,1H3,(H,18,19,20). The van der Waals surface area contributed by atoms with Gasteiger partial charge < -0.3 is 9.84 Å². The number of unbranched alkanes of at least 4 members (excludes halogenated alkanes) is 10. The van der Waals surface area contributed by atoms with E-state index < -0.39 is 15.6 Å². The molecule has 6 heteroatoms. The van der Waals surface area contributed by atoms with Gasteiger partial charge in [0.25, 0.3) is 10.1 Å². The number of aliphatic hydroxyl groups excluding tert-OH is 1. The molecule has 0 aliphatic heterocycles. The summed E-state index contributed by atoms with van der Waals surface area (Å²) in [4.78, 5) is 0. The maximum Gasteiger partial charge on any atom is 0.292 e. The highest BCUT2D eigenvalue weighted by molar-refractivity contribution is 7.86. The summed E-state index contributed by atoms with van der Waals surface area (Å²) in [6, 6.07) is 0. The summed E-state index contributed by atoms with van der Waals surface area (Å²) in [5.74, 6) is 0. The van der Waals surface area contributed by atoms with Crippen molar-refractivity contribution in [3.05, 3.63) is 0 Å². The van der Waals surface area contributed by atoms with Crippen LogP contribution in [0.4, 0.5) is 0 Å². The molecule has 22 heavy (non-hydrogen) atoms. The summed E-state index contributed by atoms with van der Waals surface area (Å²) >= 11 is 0. The molecule has 0 fully saturated rings. The van der Waals surface area contributed by atoms with Crippen molar-refractivity contribution < 1.29 is 22.8 Å². The van der Waals surface area contributed by atoms with Crippen LogP contribution in [-0.4, -0.2) is 36.7 Å². The van der Waals surface area contributed by atoms with E-state index in [9.17, 15) is 8.42 Å². The maximum absolute atomic E-state index is 10.5. The first-order valence-electron chi connectivity index (χ1n) is 8.70. The smallest absolute Gasteiger partial charge is 0.292 e. The topological polar surface area (TPSA) is 83.8 Å². The largest absolute Gasteiger partial charge is 0.381 e. The Morgan fingerprint density at radius 2 is 1.27 bits per heavy atom. The van der Waals surface area contributed by atoms with Crippen molar-refractivity contribution in [3.8, 4) is 0 Å². The Hall–Kier alpha value is -0.170. The molecular weight excluding hydrogens is 304 g/mol. The molecular formula is C16H34O5S. The van der Waals surface area contributed by atoms with Crippen LogP contribution in [0.3, 0.4) is 0 Å². The van der Waals surface area contributed by atoms with E-state index in [0.29, 0.717) is 6.61 Å². The molecule has 0 aliphatic rings. The Morgan fingerprint density at radius 1 is 0.818 bits per heavy atom. The molecule has 134 valence electrons. The van der Waals surface area contributed by atoms with E-state index in [2.05, 4.69) is 6.92 Å². The molecule has 0 aliphatic carbocycles. The fourth-order valence-corrected chi connectivity index (χ4v) is 2.70. The third-order valence-electron chi connectivity index (χ3n) is 3.75. The van der Waals surface area contributed by atoms with E-state index in [-0.39, 0.29) is 13.0 Å². The van der Waals surface area contributed by atoms with Gasteiger partial charge in [0.15, 0.2) is 5.44 Å². The second-order valence-electron chi connectivity index (χ2n) is 5.91. The van der Waals surface area contributed by atoms with Gasteiger partial charge in [-0.3, -0.25) is 4.55 Å². The summed E-state index contributed by atoms with van der Waals surface area (Å²) in [5.41, 5.74) is -1.73. The number of ether oxygens (including phenoxy) is 1. The average Bonchev–Trinajstić information content (AvgIpc) is 2.46. The lowest BCUT2D eigenvalue weighted by Gasteiger charge is -2.08. The van der Waals surface area contributed by atoms with E-state index >= 15 is 0 Å². The Kier molecular flexibility index (Phi) is 14.3. The van der Waals surface area contributed by atoms with E-state index in [4.69, 9.17) is 14.4 Å². The van der Waals surface area contributed by atoms with Crippen LogP contribution in [0, 0.1) is 0 Å². The second-order valence-corrected chi connectivity index (χ2v) is 7.48. The Balaban J connectivity index is 3.15. The van der Waals surface area contributed by atoms with Gasteiger partial charge in [0.2, 0.25) is 0 Å². The Labute approximate surface area is 136 Å². The van der Waals surface area contributed by atoms with E-state index in [1.165, 1.54) is 57.8 Å². The van der Waals surface area contributed by atoms with E-state index in [1.807, 2.05) is 0 Å². The maximum atomic E-state index is 10.5. The molecule has 0 heterocycles. The van der Waals surface area contributed by atoms with Crippen LogP contribution in [0.5, 0.6) is 0 Å². The minimum absolute atomic E-state index is 0.0864. The summed E-state index contributed by atoms with van der Waals surface area (Å²) < 4.78 is 34.9. The molecule has 0 amide bonds. The first kappa shape index (κ1) is 21.8. The number of aliphatic hydroxyl groups is 1. The van der Waals surface area contributed by atoms with Gasteiger partial charge in [-0.05, 0) is 6.42 Å². The zero-order valence-electron chi connectivity index (χ0n) is 14.0. The number of hydrogen-bond acceptors (Lipinski definition) is 4. The predicted molar refractivity (Wildman–Crippen MR) is 89.5 cm³/mol. The zero-order chi connectivity index (χ0) is 16.7. The van der Waals surface area contributed by atoms with Crippen LogP contribution >= 0.6 is 0 Å². The van der Waals surface area contributed by atoms with Crippen molar-refractivity contribution in [2.75, 3.05) is 13.2 Å². The van der Waals surface area contributed by atoms with Crippen LogP contribution in [0.25, 0.3) is 0 Å². The fourth-order valence-electron chi connectivity index (χ4n) is 2.30. The first-order chi connectivity index (χ1) is 10.5. The van der Waals surface area contributed by atoms with Crippen LogP contribution < -0.4 is 0 Å². The Bertz CT molecular complexity index is 329. The SMILES string of the molecule is CCCCCCCCCCCCCOCCC(O)S(=O)(=O)O. The molecule has 0 saturated heterocycles. The molecule has 2 N–H and O–H groups in total. The minimum atomic E-state index is -4.35. The monoisotopic (exact) mass is 338 g/mol. The molecule has 0 saturated carbocycles. The molecule has 0 bridgehead atoms. The van der Waals surface area contributed by atoms with Crippen LogP contribution in [0.2, 0.25) is 0 Å². The lowest BCUT2D eigenvalue weighted by molar-refractivity contribution is 0.101. The summed E-state index contributed by atoms with van der Waals surface area (Å²) in [6.07, 6.45) is 13.9. The molecule has 1 atom stereocenters. The van der Waals surface area contributed by atoms with Gasteiger partial charge in [-0.1, -0.05) is 71.1 Å². The molecule has 0 spiro atoms. The van der Waals surface area contributed by atoms with Gasteiger partial charge in [-0.2, -0.15) is 8.42 Å². The third kappa shape index (κ3) is 14.8. The normalized spacial score (nSPS) is 13.4. The Morgan fingerprint density at radius 3 is 1.73 bits per heavy atom. The van der Waals surface area contributed by atoms with Gasteiger partial charge in [0.1, 0.15) is 0 Å². The second kappa shape index (κ2) is 14.4. The van der Waals surface area contributed by atoms with Crippen molar-refractivity contribution in [2.24, 2.45) is 0 Å². The average molecular weight is 339 g/mol. The van der Waals surface area contributed by atoms with Crippen LogP contribution in [-0.2, 0) is 14.9 Å². The number of rotatable bonds is 16. The van der Waals surface area contributed by atoms with Crippen molar-refractivity contribution in [2.45, 2.75) is 89.4 Å². The molecule has 0 aromatic rings. The highest BCUT2D eigenvalue weighted by atomic mass is 32.2. The van der Waals surface area contributed by atoms with Gasteiger partial charge in [-0.25, -0.2) is 0 Å². The van der Waals surface area contributed by atoms with Gasteiger partial charge >= 0.3 is 0 Å². The van der Waals surface area contributed by atoms with Crippen LogP contribution in [0.1, 0.15) is 84.0 Å². The van der Waals surface area contributed by atoms with Crippen LogP contribution in [0.15, 0.2) is 0 Å². The van der Waals surface area contributed by atoms with E-state index in [1.54, 1.807) is 0 Å². The molecule has 0 aromatic carbocycles. The third-order valence-corrected chi connectivity index (χ3v) is 4.67. The summed E-state index contributed by atoms with van der Waals surface area (Å²) in [6.45, 7) is 2.97. The lowest BCUT2D eigenvalue weighted by Crippen LogP contribution is -2.21. The van der Waals surface area contributed by atoms with Crippen molar-refractivity contribution in [1.82, 2.24) is 0 Å². The fraction of sp³-hybridized carbons (Fsp3) is 1.00. The van der Waals surface area contributed by atoms with E-state index in [0.717, 1.165) is 12.8 Å². The molecule has 0 rings (SSSR count). The summed E-state index contributed by atoms with van der Waals surface area (Å²) in [5, 5.41) is 9.06. The molecule has 0 aromatic heterocycles.